The number of rotatable bonds is 5. The lowest BCUT2D eigenvalue weighted by Gasteiger charge is -2.13. The van der Waals surface area contributed by atoms with Crippen LogP contribution in [0.1, 0.15) is 37.8 Å². The van der Waals surface area contributed by atoms with E-state index in [1.54, 1.807) is 12.1 Å². The molecule has 1 rings (SSSR count). The first-order valence-electron chi connectivity index (χ1n) is 6.48. The lowest BCUT2D eigenvalue weighted by Crippen LogP contribution is -2.18. The molecule has 0 bridgehead atoms. The predicted octanol–water partition coefficient (Wildman–Crippen LogP) is 4.20. The van der Waals surface area contributed by atoms with E-state index in [1.807, 2.05) is 20.8 Å². The summed E-state index contributed by atoms with van der Waals surface area (Å²) in [4.78, 5) is 0. The number of nitrogens with two attached hydrogens (primary N) is 1. The van der Waals surface area contributed by atoms with Crippen LogP contribution < -0.4 is 10.5 Å². The fourth-order valence-electron chi connectivity index (χ4n) is 1.59. The smallest absolute Gasteiger partial charge is 0.406 e. The highest BCUT2D eigenvalue weighted by molar-refractivity contribution is 5.37. The van der Waals surface area contributed by atoms with Crippen LogP contribution in [-0.2, 0) is 6.42 Å². The van der Waals surface area contributed by atoms with E-state index < -0.39 is 6.36 Å². The van der Waals surface area contributed by atoms with Gasteiger partial charge in [-0.25, -0.2) is 0 Å². The Bertz CT molecular complexity index is 364. The fourth-order valence-corrected chi connectivity index (χ4v) is 1.59. The summed E-state index contributed by atoms with van der Waals surface area (Å²) in [5.41, 5.74) is 6.85. The minimum atomic E-state index is -4.64. The lowest BCUT2D eigenvalue weighted by atomic mass is 10.0. The highest BCUT2D eigenvalue weighted by Crippen LogP contribution is 2.28. The molecule has 2 N–H and O–H groups in total. The summed E-state index contributed by atoms with van der Waals surface area (Å²) in [6.07, 6.45) is -2.55. The van der Waals surface area contributed by atoms with Crippen LogP contribution in [0.2, 0.25) is 0 Å². The van der Waals surface area contributed by atoms with Gasteiger partial charge in [0.15, 0.2) is 0 Å². The normalized spacial score (nSPS) is 10.7. The summed E-state index contributed by atoms with van der Waals surface area (Å²) in [6, 6.07) is 4.69. The lowest BCUT2D eigenvalue weighted by molar-refractivity contribution is -0.274. The number of hydrogen-bond acceptors (Lipinski definition) is 2. The van der Waals surface area contributed by atoms with E-state index in [4.69, 9.17) is 5.73 Å². The van der Waals surface area contributed by atoms with Gasteiger partial charge < -0.3 is 10.5 Å². The van der Waals surface area contributed by atoms with Crippen molar-refractivity contribution in [1.82, 2.24) is 0 Å². The van der Waals surface area contributed by atoms with Gasteiger partial charge >= 0.3 is 6.36 Å². The molecular weight excluding hydrogens is 255 g/mol. The van der Waals surface area contributed by atoms with Crippen molar-refractivity contribution in [1.29, 1.82) is 0 Å². The minimum Gasteiger partial charge on any atom is -0.406 e. The molecule has 0 saturated carbocycles. The van der Waals surface area contributed by atoms with Crippen molar-refractivity contribution in [3.8, 4) is 5.75 Å². The van der Waals surface area contributed by atoms with Crippen LogP contribution in [0.15, 0.2) is 18.2 Å². The van der Waals surface area contributed by atoms with Crippen LogP contribution in [0.25, 0.3) is 0 Å². The van der Waals surface area contributed by atoms with Crippen molar-refractivity contribution < 1.29 is 17.9 Å². The third-order valence-corrected chi connectivity index (χ3v) is 2.34. The molecule has 110 valence electrons. The van der Waals surface area contributed by atoms with E-state index in [9.17, 15) is 13.2 Å². The molecular formula is C14H22F3NO. The molecule has 1 aromatic rings. The van der Waals surface area contributed by atoms with Crippen LogP contribution in [0.4, 0.5) is 13.2 Å². The Morgan fingerprint density at radius 2 is 1.79 bits per heavy atom. The van der Waals surface area contributed by atoms with Crippen LogP contribution in [-0.4, -0.2) is 12.9 Å². The number of halogens is 3. The standard InChI is InChI=1S/C12H16F3NO.C2H6/c1-9-5-6-11(17-12(13,14)15)10(8-9)4-2-3-7-16;1-2/h5-6,8H,2-4,7,16H2,1H3;1-2H3. The molecule has 0 saturated heterocycles. The maximum atomic E-state index is 12.2. The molecule has 0 spiro atoms. The predicted molar refractivity (Wildman–Crippen MR) is 71.2 cm³/mol. The van der Waals surface area contributed by atoms with Gasteiger partial charge in [0.1, 0.15) is 5.75 Å². The number of benzene rings is 1. The zero-order valence-corrected chi connectivity index (χ0v) is 11.7. The SMILES string of the molecule is CC.Cc1ccc(OC(F)(F)F)c(CCCCN)c1. The average Bonchev–Trinajstić information content (AvgIpc) is 2.34. The van der Waals surface area contributed by atoms with Crippen molar-refractivity contribution in [2.45, 2.75) is 46.4 Å². The number of alkyl halides is 3. The molecule has 0 atom stereocenters. The topological polar surface area (TPSA) is 35.2 Å². The zero-order chi connectivity index (χ0) is 14.9. The monoisotopic (exact) mass is 277 g/mol. The zero-order valence-electron chi connectivity index (χ0n) is 11.7. The third kappa shape index (κ3) is 7.72. The number of hydrogen-bond donors (Lipinski definition) is 1. The Morgan fingerprint density at radius 3 is 2.32 bits per heavy atom. The second-order valence-electron chi connectivity index (χ2n) is 3.90. The van der Waals surface area contributed by atoms with Gasteiger partial charge in [0.25, 0.3) is 0 Å². The molecule has 0 radical (unpaired) electrons. The number of ether oxygens (including phenoxy) is 1. The van der Waals surface area contributed by atoms with Gasteiger partial charge in [-0.1, -0.05) is 31.5 Å². The van der Waals surface area contributed by atoms with E-state index >= 15 is 0 Å². The molecule has 19 heavy (non-hydrogen) atoms. The molecule has 0 aliphatic carbocycles. The first-order valence-corrected chi connectivity index (χ1v) is 6.48. The van der Waals surface area contributed by atoms with Crippen LogP contribution in [0.5, 0.6) is 5.75 Å². The summed E-state index contributed by atoms with van der Waals surface area (Å²) in [5, 5.41) is 0. The van der Waals surface area contributed by atoms with Gasteiger partial charge in [-0.05, 0) is 44.4 Å². The van der Waals surface area contributed by atoms with E-state index in [-0.39, 0.29) is 5.75 Å². The average molecular weight is 277 g/mol. The Labute approximate surface area is 112 Å². The van der Waals surface area contributed by atoms with E-state index in [2.05, 4.69) is 4.74 Å². The number of aryl methyl sites for hydroxylation is 2. The van der Waals surface area contributed by atoms with Crippen LogP contribution in [0.3, 0.4) is 0 Å². The second-order valence-corrected chi connectivity index (χ2v) is 3.90. The van der Waals surface area contributed by atoms with Gasteiger partial charge in [0.05, 0.1) is 0 Å². The number of unbranched alkanes of at least 4 members (excludes halogenated alkanes) is 1. The highest BCUT2D eigenvalue weighted by atomic mass is 19.4. The van der Waals surface area contributed by atoms with E-state index in [1.165, 1.54) is 6.07 Å². The van der Waals surface area contributed by atoms with Crippen LogP contribution >= 0.6 is 0 Å². The molecule has 5 heteroatoms. The summed E-state index contributed by atoms with van der Waals surface area (Å²) >= 11 is 0. The van der Waals surface area contributed by atoms with Gasteiger partial charge in [0, 0.05) is 0 Å². The third-order valence-electron chi connectivity index (χ3n) is 2.34. The first-order chi connectivity index (χ1) is 8.92. The first kappa shape index (κ1) is 17.8. The molecule has 0 aliphatic heterocycles. The Kier molecular flexibility index (Phi) is 8.23. The van der Waals surface area contributed by atoms with Crippen molar-refractivity contribution in [3.63, 3.8) is 0 Å². The Balaban J connectivity index is 0.00000154. The molecule has 0 unspecified atom stereocenters. The highest BCUT2D eigenvalue weighted by Gasteiger charge is 2.31. The molecule has 0 aliphatic rings. The van der Waals surface area contributed by atoms with Crippen molar-refractivity contribution in [2.24, 2.45) is 5.73 Å². The van der Waals surface area contributed by atoms with Crippen LogP contribution in [0, 0.1) is 6.92 Å². The van der Waals surface area contributed by atoms with Gasteiger partial charge in [-0.3, -0.25) is 0 Å². The molecule has 0 amide bonds. The molecule has 0 heterocycles. The quantitative estimate of drug-likeness (QED) is 0.819. The second kappa shape index (κ2) is 8.80. The van der Waals surface area contributed by atoms with Crippen molar-refractivity contribution in [3.05, 3.63) is 29.3 Å². The Hall–Kier alpha value is -1.23. The van der Waals surface area contributed by atoms with Gasteiger partial charge in [-0.15, -0.1) is 13.2 Å². The van der Waals surface area contributed by atoms with Crippen molar-refractivity contribution >= 4 is 0 Å². The maximum Gasteiger partial charge on any atom is 0.573 e. The molecule has 0 aromatic heterocycles. The van der Waals surface area contributed by atoms with E-state index in [0.717, 1.165) is 18.4 Å². The van der Waals surface area contributed by atoms with Gasteiger partial charge in [-0.2, -0.15) is 0 Å². The fraction of sp³-hybridized carbons (Fsp3) is 0.571. The summed E-state index contributed by atoms with van der Waals surface area (Å²) in [5.74, 6) is -0.111. The van der Waals surface area contributed by atoms with E-state index in [0.29, 0.717) is 18.5 Å². The summed E-state index contributed by atoms with van der Waals surface area (Å²) < 4.78 is 40.5. The molecule has 0 fully saturated rings. The van der Waals surface area contributed by atoms with Crippen molar-refractivity contribution in [2.75, 3.05) is 6.54 Å². The largest absolute Gasteiger partial charge is 0.573 e. The summed E-state index contributed by atoms with van der Waals surface area (Å²) in [7, 11) is 0. The molecule has 1 aromatic carbocycles. The maximum absolute atomic E-state index is 12.2. The molecule has 2 nitrogen and oxygen atoms in total. The van der Waals surface area contributed by atoms with Gasteiger partial charge in [0.2, 0.25) is 0 Å². The Morgan fingerprint density at radius 1 is 1.16 bits per heavy atom. The summed E-state index contributed by atoms with van der Waals surface area (Å²) in [6.45, 7) is 6.38. The minimum absolute atomic E-state index is 0.111.